The lowest BCUT2D eigenvalue weighted by Gasteiger charge is -2.32. The highest BCUT2D eigenvalue weighted by molar-refractivity contribution is 6.11. The van der Waals surface area contributed by atoms with Crippen LogP contribution in [0.2, 0.25) is 0 Å². The number of ether oxygens (including phenoxy) is 3. The quantitative estimate of drug-likeness (QED) is 0.606. The number of esters is 1. The van der Waals surface area contributed by atoms with E-state index in [1.165, 1.54) is 4.90 Å². The van der Waals surface area contributed by atoms with Gasteiger partial charge in [0.25, 0.3) is 0 Å². The molecule has 2 aromatic rings. The Balaban J connectivity index is 1.77. The van der Waals surface area contributed by atoms with Gasteiger partial charge in [0, 0.05) is 10.9 Å². The minimum atomic E-state index is -0.501. The topological polar surface area (TPSA) is 94.1 Å². The maximum atomic E-state index is 12.7. The van der Waals surface area contributed by atoms with Crippen LogP contribution in [0.3, 0.4) is 0 Å². The summed E-state index contributed by atoms with van der Waals surface area (Å²) in [4.78, 5) is 29.5. The number of nitrogens with one attached hydrogen (secondary N) is 3. The summed E-state index contributed by atoms with van der Waals surface area (Å²) in [5, 5.41) is 3.62. The number of benzene rings is 1. The van der Waals surface area contributed by atoms with Crippen LogP contribution in [0.5, 0.6) is 5.75 Å². The van der Waals surface area contributed by atoms with Gasteiger partial charge in [-0.2, -0.15) is 0 Å². The molecule has 29 heavy (non-hydrogen) atoms. The van der Waals surface area contributed by atoms with E-state index in [0.29, 0.717) is 29.8 Å². The Labute approximate surface area is 170 Å². The molecule has 1 aliphatic rings. The molecule has 3 rings (SSSR count). The Morgan fingerprint density at radius 2 is 2.00 bits per heavy atom. The summed E-state index contributed by atoms with van der Waals surface area (Å²) >= 11 is 0. The molecule has 8 nitrogen and oxygen atoms in total. The number of amides is 1. The van der Waals surface area contributed by atoms with E-state index < -0.39 is 5.97 Å². The largest absolute Gasteiger partial charge is 0.497 e. The van der Waals surface area contributed by atoms with E-state index >= 15 is 0 Å². The van der Waals surface area contributed by atoms with Crippen LogP contribution in [-0.4, -0.2) is 62.4 Å². The van der Waals surface area contributed by atoms with Gasteiger partial charge in [0.2, 0.25) is 5.91 Å². The van der Waals surface area contributed by atoms with Gasteiger partial charge in [-0.3, -0.25) is 4.79 Å². The first-order valence-corrected chi connectivity index (χ1v) is 10.1. The smallest absolute Gasteiger partial charge is 0.356 e. The minimum absolute atomic E-state index is 0.140. The molecule has 0 bridgehead atoms. The van der Waals surface area contributed by atoms with Crippen molar-refractivity contribution in [2.75, 3.05) is 38.7 Å². The average Bonchev–Trinajstić information content (AvgIpc) is 3.03. The lowest BCUT2D eigenvalue weighted by atomic mass is 10.2. The fraction of sp³-hybridized carbons (Fsp3) is 0.524. The maximum Gasteiger partial charge on any atom is 0.356 e. The van der Waals surface area contributed by atoms with Gasteiger partial charge in [0.1, 0.15) is 36.7 Å². The van der Waals surface area contributed by atoms with Crippen LogP contribution in [0, 0.1) is 0 Å². The van der Waals surface area contributed by atoms with Gasteiger partial charge < -0.3 is 29.4 Å². The molecule has 2 heterocycles. The molecule has 0 aliphatic carbocycles. The monoisotopic (exact) mass is 404 g/mol. The Bertz CT molecular complexity index is 869. The number of hydrogen-bond donors (Lipinski definition) is 3. The van der Waals surface area contributed by atoms with E-state index in [4.69, 9.17) is 14.2 Å². The lowest BCUT2D eigenvalue weighted by molar-refractivity contribution is -0.914. The highest BCUT2D eigenvalue weighted by Gasteiger charge is 2.26. The van der Waals surface area contributed by atoms with Crippen molar-refractivity contribution < 1.29 is 28.7 Å². The zero-order valence-corrected chi connectivity index (χ0v) is 17.5. The summed E-state index contributed by atoms with van der Waals surface area (Å²) in [7, 11) is 1.57. The van der Waals surface area contributed by atoms with Crippen molar-refractivity contribution in [3.63, 3.8) is 0 Å². The fourth-order valence-corrected chi connectivity index (χ4v) is 3.87. The second kappa shape index (κ2) is 9.28. The highest BCUT2D eigenvalue weighted by Crippen LogP contribution is 2.31. The Kier molecular flexibility index (Phi) is 6.76. The number of rotatable bonds is 7. The summed E-state index contributed by atoms with van der Waals surface area (Å²) in [6, 6.07) is 5.40. The van der Waals surface area contributed by atoms with Crippen molar-refractivity contribution in [1.82, 2.24) is 4.98 Å². The number of quaternary nitrogens is 1. The first kappa shape index (κ1) is 21.1. The molecule has 1 aliphatic heterocycles. The van der Waals surface area contributed by atoms with Gasteiger partial charge in [-0.15, -0.1) is 0 Å². The molecule has 8 heteroatoms. The standard InChI is InChI=1S/C21H29N3O5/c1-5-28-21(26)20-19(16-10-15(27-4)6-7-17(16)22-20)23-18(25)8-9-24-11-13(2)29-14(3)12-24/h6-7,10,13-14,22H,5,8-9,11-12H2,1-4H3,(H,23,25)/p+1/t13-,14-/m0/s1. The Hall–Kier alpha value is -2.58. The number of aromatic amines is 1. The highest BCUT2D eigenvalue weighted by atomic mass is 16.5. The summed E-state index contributed by atoms with van der Waals surface area (Å²) in [6.07, 6.45) is 0.731. The van der Waals surface area contributed by atoms with Crippen molar-refractivity contribution in [2.45, 2.75) is 39.4 Å². The maximum absolute atomic E-state index is 12.7. The van der Waals surface area contributed by atoms with E-state index in [2.05, 4.69) is 24.1 Å². The van der Waals surface area contributed by atoms with Crippen molar-refractivity contribution in [3.8, 4) is 5.75 Å². The van der Waals surface area contributed by atoms with E-state index in [-0.39, 0.29) is 30.4 Å². The second-order valence-electron chi connectivity index (χ2n) is 7.47. The third-order valence-corrected chi connectivity index (χ3v) is 5.07. The van der Waals surface area contributed by atoms with Gasteiger partial charge in [-0.25, -0.2) is 4.79 Å². The molecule has 158 valence electrons. The van der Waals surface area contributed by atoms with Crippen LogP contribution >= 0.6 is 0 Å². The van der Waals surface area contributed by atoms with E-state index in [0.717, 1.165) is 18.6 Å². The molecule has 1 aromatic heterocycles. The van der Waals surface area contributed by atoms with Crippen molar-refractivity contribution in [3.05, 3.63) is 23.9 Å². The van der Waals surface area contributed by atoms with E-state index in [1.54, 1.807) is 26.2 Å². The number of aromatic nitrogens is 1. The number of hydrogen-bond acceptors (Lipinski definition) is 5. The zero-order valence-electron chi connectivity index (χ0n) is 17.5. The second-order valence-corrected chi connectivity index (χ2v) is 7.47. The number of fused-ring (bicyclic) bond motifs is 1. The van der Waals surface area contributed by atoms with Crippen LogP contribution in [0.15, 0.2) is 18.2 Å². The van der Waals surface area contributed by atoms with E-state index in [1.807, 2.05) is 6.07 Å². The molecule has 0 radical (unpaired) electrons. The predicted octanol–water partition coefficient (Wildman–Crippen LogP) is 1.37. The molecule has 1 amide bonds. The average molecular weight is 404 g/mol. The molecule has 1 aromatic carbocycles. The van der Waals surface area contributed by atoms with Crippen molar-refractivity contribution >= 4 is 28.5 Å². The van der Waals surface area contributed by atoms with Crippen molar-refractivity contribution in [2.24, 2.45) is 0 Å². The van der Waals surface area contributed by atoms with Crippen molar-refractivity contribution in [1.29, 1.82) is 0 Å². The Morgan fingerprint density at radius 3 is 2.66 bits per heavy atom. The van der Waals surface area contributed by atoms with E-state index in [9.17, 15) is 9.59 Å². The number of H-pyrrole nitrogens is 1. The number of carbonyl (C=O) groups is 2. The molecule has 3 N–H and O–H groups in total. The summed E-state index contributed by atoms with van der Waals surface area (Å²) in [5.41, 5.74) is 1.40. The summed E-state index contributed by atoms with van der Waals surface area (Å²) in [6.45, 7) is 8.59. The normalized spacial score (nSPS) is 21.7. The van der Waals surface area contributed by atoms with Gasteiger partial charge in [-0.05, 0) is 39.0 Å². The van der Waals surface area contributed by atoms with Crippen LogP contribution in [-0.2, 0) is 14.3 Å². The molecule has 1 fully saturated rings. The molecule has 1 saturated heterocycles. The molecular formula is C21H30N3O5+. The third-order valence-electron chi connectivity index (χ3n) is 5.07. The van der Waals surface area contributed by atoms with Crippen LogP contribution < -0.4 is 15.0 Å². The predicted molar refractivity (Wildman–Crippen MR) is 110 cm³/mol. The third kappa shape index (κ3) is 5.07. The molecule has 2 atom stereocenters. The van der Waals surface area contributed by atoms with Crippen LogP contribution in [0.4, 0.5) is 5.69 Å². The first-order chi connectivity index (χ1) is 13.9. The SMILES string of the molecule is CCOC(=O)c1[nH]c2ccc(OC)cc2c1NC(=O)CC[NH+]1C[C@H](C)O[C@@H](C)C1. The van der Waals surface area contributed by atoms with Crippen LogP contribution in [0.25, 0.3) is 10.9 Å². The lowest BCUT2D eigenvalue weighted by Crippen LogP contribution is -3.15. The van der Waals surface area contributed by atoms with Crippen LogP contribution in [0.1, 0.15) is 37.7 Å². The Morgan fingerprint density at radius 1 is 1.28 bits per heavy atom. The molecule has 0 saturated carbocycles. The zero-order chi connectivity index (χ0) is 21.0. The van der Waals surface area contributed by atoms with Gasteiger partial charge in [0.05, 0.1) is 32.4 Å². The fourth-order valence-electron chi connectivity index (χ4n) is 3.87. The summed E-state index contributed by atoms with van der Waals surface area (Å²) < 4.78 is 16.2. The summed E-state index contributed by atoms with van der Waals surface area (Å²) in [5.74, 6) is 0.00105. The molecule has 0 unspecified atom stereocenters. The number of methoxy groups -OCH3 is 1. The van der Waals surface area contributed by atoms with Gasteiger partial charge >= 0.3 is 5.97 Å². The number of morpholine rings is 1. The first-order valence-electron chi connectivity index (χ1n) is 10.1. The molecule has 0 spiro atoms. The van der Waals surface area contributed by atoms with Gasteiger partial charge in [0.15, 0.2) is 0 Å². The van der Waals surface area contributed by atoms with Gasteiger partial charge in [-0.1, -0.05) is 0 Å². The number of anilines is 1. The molecular weight excluding hydrogens is 374 g/mol. The number of carbonyl (C=O) groups excluding carboxylic acids is 2. The minimum Gasteiger partial charge on any atom is -0.497 e.